The molecule has 0 N–H and O–H groups in total. The monoisotopic (exact) mass is 417 g/mol. The van der Waals surface area contributed by atoms with Gasteiger partial charge in [0.15, 0.2) is 5.13 Å². The number of pyridine rings is 1. The number of carbonyl (C=O) groups excluding carboxylic acids is 1. The van der Waals surface area contributed by atoms with Crippen LogP contribution >= 0.6 is 11.3 Å². The lowest BCUT2D eigenvalue weighted by molar-refractivity contribution is 0.0985. The number of methoxy groups -OCH3 is 1. The van der Waals surface area contributed by atoms with Crippen molar-refractivity contribution in [1.29, 1.82) is 0 Å². The summed E-state index contributed by atoms with van der Waals surface area (Å²) >= 11 is 1.54. The molecular formula is C24H23N3O2S. The average Bonchev–Trinajstić information content (AvgIpc) is 3.21. The van der Waals surface area contributed by atoms with Crippen molar-refractivity contribution in [2.75, 3.05) is 12.0 Å². The second-order valence-electron chi connectivity index (χ2n) is 7.33. The maximum atomic E-state index is 13.5. The third-order valence-corrected chi connectivity index (χ3v) is 5.98. The van der Waals surface area contributed by atoms with Gasteiger partial charge in [0.1, 0.15) is 5.75 Å². The Labute approximate surface area is 180 Å². The Balaban J connectivity index is 1.77. The van der Waals surface area contributed by atoms with Gasteiger partial charge in [-0.3, -0.25) is 14.7 Å². The first kappa shape index (κ1) is 20.0. The van der Waals surface area contributed by atoms with Crippen molar-refractivity contribution in [2.24, 2.45) is 0 Å². The summed E-state index contributed by atoms with van der Waals surface area (Å²) in [5, 5.41) is 0.683. The topological polar surface area (TPSA) is 55.3 Å². The molecule has 0 saturated heterocycles. The van der Waals surface area contributed by atoms with E-state index in [9.17, 15) is 4.79 Å². The highest BCUT2D eigenvalue weighted by Crippen LogP contribution is 2.34. The Bertz CT molecular complexity index is 1150. The third kappa shape index (κ3) is 4.04. The number of para-hydroxylation sites is 1. The van der Waals surface area contributed by atoms with Crippen molar-refractivity contribution in [3.8, 4) is 5.75 Å². The van der Waals surface area contributed by atoms with Gasteiger partial charge in [-0.05, 0) is 53.4 Å². The summed E-state index contributed by atoms with van der Waals surface area (Å²) in [5.74, 6) is 0.964. The quantitative estimate of drug-likeness (QED) is 0.406. The number of benzene rings is 2. The molecule has 0 saturated carbocycles. The minimum Gasteiger partial charge on any atom is -0.497 e. The number of amides is 1. The molecule has 6 heteroatoms. The zero-order chi connectivity index (χ0) is 21.1. The van der Waals surface area contributed by atoms with Gasteiger partial charge in [-0.25, -0.2) is 4.98 Å². The number of thiazole rings is 1. The number of hydrogen-bond donors (Lipinski definition) is 0. The van der Waals surface area contributed by atoms with Crippen molar-refractivity contribution in [2.45, 2.75) is 26.3 Å². The normalized spacial score (nSPS) is 11.1. The number of rotatable bonds is 6. The lowest BCUT2D eigenvalue weighted by Gasteiger charge is -2.20. The van der Waals surface area contributed by atoms with Gasteiger partial charge < -0.3 is 4.74 Å². The molecule has 0 fully saturated rings. The smallest absolute Gasteiger partial charge is 0.260 e. The number of hydrogen-bond acceptors (Lipinski definition) is 5. The predicted molar refractivity (Wildman–Crippen MR) is 121 cm³/mol. The van der Waals surface area contributed by atoms with Gasteiger partial charge >= 0.3 is 0 Å². The van der Waals surface area contributed by atoms with E-state index in [0.29, 0.717) is 28.9 Å². The van der Waals surface area contributed by atoms with Gasteiger partial charge in [0.2, 0.25) is 0 Å². The maximum absolute atomic E-state index is 13.5. The Kier molecular flexibility index (Phi) is 5.77. The van der Waals surface area contributed by atoms with E-state index >= 15 is 0 Å². The number of aromatic nitrogens is 2. The van der Waals surface area contributed by atoms with Crippen LogP contribution in [0.2, 0.25) is 0 Å². The largest absolute Gasteiger partial charge is 0.497 e. The van der Waals surface area contributed by atoms with Crippen molar-refractivity contribution < 1.29 is 9.53 Å². The van der Waals surface area contributed by atoms with Crippen LogP contribution in [0.15, 0.2) is 67.0 Å². The van der Waals surface area contributed by atoms with E-state index in [2.05, 4.69) is 37.0 Å². The van der Waals surface area contributed by atoms with Gasteiger partial charge in [0, 0.05) is 18.0 Å². The van der Waals surface area contributed by atoms with E-state index in [1.807, 2.05) is 12.1 Å². The van der Waals surface area contributed by atoms with Crippen LogP contribution in [0.1, 0.15) is 41.3 Å². The van der Waals surface area contributed by atoms with Crippen molar-refractivity contribution in [1.82, 2.24) is 9.97 Å². The molecule has 1 amide bonds. The Morgan fingerprint density at radius 1 is 1.10 bits per heavy atom. The number of fused-ring (bicyclic) bond motifs is 1. The molecule has 30 heavy (non-hydrogen) atoms. The van der Waals surface area contributed by atoms with E-state index in [4.69, 9.17) is 9.72 Å². The minimum absolute atomic E-state index is 0.105. The average molecular weight is 418 g/mol. The van der Waals surface area contributed by atoms with Crippen molar-refractivity contribution in [3.63, 3.8) is 0 Å². The molecule has 4 aromatic rings. The Morgan fingerprint density at radius 2 is 1.90 bits per heavy atom. The molecule has 0 atom stereocenters. The SMILES string of the molecule is COc1ccc(C(=O)N(Cc2cccnc2)c2nc3c(C(C)C)cccc3s2)cc1. The predicted octanol–water partition coefficient (Wildman–Crippen LogP) is 5.67. The highest BCUT2D eigenvalue weighted by atomic mass is 32.1. The number of anilines is 1. The number of ether oxygens (including phenoxy) is 1. The first-order chi connectivity index (χ1) is 14.6. The van der Waals surface area contributed by atoms with Crippen LogP contribution in [0.25, 0.3) is 10.2 Å². The summed E-state index contributed by atoms with van der Waals surface area (Å²) in [7, 11) is 1.61. The Morgan fingerprint density at radius 3 is 2.57 bits per heavy atom. The first-order valence-electron chi connectivity index (χ1n) is 9.81. The molecule has 0 aliphatic heterocycles. The molecular weight excluding hydrogens is 394 g/mol. The van der Waals surface area contributed by atoms with Crippen LogP contribution in [-0.2, 0) is 6.54 Å². The first-order valence-corrected chi connectivity index (χ1v) is 10.6. The second kappa shape index (κ2) is 8.63. The van der Waals surface area contributed by atoms with E-state index in [-0.39, 0.29) is 5.91 Å². The van der Waals surface area contributed by atoms with Gasteiger partial charge in [-0.15, -0.1) is 0 Å². The highest BCUT2D eigenvalue weighted by Gasteiger charge is 2.23. The maximum Gasteiger partial charge on any atom is 0.260 e. The van der Waals surface area contributed by atoms with Gasteiger partial charge in [-0.1, -0.05) is 43.4 Å². The van der Waals surface area contributed by atoms with Crippen molar-refractivity contribution in [3.05, 3.63) is 83.7 Å². The van der Waals surface area contributed by atoms with E-state index < -0.39 is 0 Å². The zero-order valence-electron chi connectivity index (χ0n) is 17.2. The third-order valence-electron chi connectivity index (χ3n) is 4.94. The van der Waals surface area contributed by atoms with Crippen LogP contribution in [0.3, 0.4) is 0 Å². The van der Waals surface area contributed by atoms with Crippen LogP contribution in [0.5, 0.6) is 5.75 Å². The van der Waals surface area contributed by atoms with Gasteiger partial charge in [0.25, 0.3) is 5.91 Å². The van der Waals surface area contributed by atoms with Crippen LogP contribution in [-0.4, -0.2) is 23.0 Å². The molecule has 2 heterocycles. The zero-order valence-corrected chi connectivity index (χ0v) is 18.0. The summed E-state index contributed by atoms with van der Waals surface area (Å²) in [6.07, 6.45) is 3.51. The molecule has 152 valence electrons. The minimum atomic E-state index is -0.105. The molecule has 0 aliphatic carbocycles. The van der Waals surface area contributed by atoms with E-state index in [1.165, 1.54) is 16.9 Å². The lowest BCUT2D eigenvalue weighted by atomic mass is 10.0. The number of carbonyl (C=O) groups is 1. The lowest BCUT2D eigenvalue weighted by Crippen LogP contribution is -2.30. The van der Waals surface area contributed by atoms with Gasteiger partial charge in [-0.2, -0.15) is 0 Å². The molecule has 0 bridgehead atoms. The van der Waals surface area contributed by atoms with Crippen molar-refractivity contribution >= 4 is 32.6 Å². The molecule has 0 radical (unpaired) electrons. The summed E-state index contributed by atoms with van der Waals surface area (Å²) in [6.45, 7) is 4.71. The van der Waals surface area contributed by atoms with E-state index in [0.717, 1.165) is 15.8 Å². The fourth-order valence-electron chi connectivity index (χ4n) is 3.33. The summed E-state index contributed by atoms with van der Waals surface area (Å²) in [5.41, 5.74) is 3.69. The summed E-state index contributed by atoms with van der Waals surface area (Å²) in [6, 6.07) is 17.2. The van der Waals surface area contributed by atoms with Crippen LogP contribution in [0, 0.1) is 0 Å². The molecule has 4 rings (SSSR count). The standard InChI is InChI=1S/C24H23N3O2S/c1-16(2)20-7-4-8-21-22(20)26-24(30-21)27(15-17-6-5-13-25-14-17)23(28)18-9-11-19(29-3)12-10-18/h4-14,16H,15H2,1-3H3. The number of nitrogens with zero attached hydrogens (tertiary/aromatic N) is 3. The van der Waals surface area contributed by atoms with E-state index in [1.54, 1.807) is 48.7 Å². The van der Waals surface area contributed by atoms with Crippen LogP contribution in [0.4, 0.5) is 5.13 Å². The summed E-state index contributed by atoms with van der Waals surface area (Å²) in [4.78, 5) is 24.3. The fraction of sp³-hybridized carbons (Fsp3) is 0.208. The fourth-order valence-corrected chi connectivity index (χ4v) is 4.33. The molecule has 0 unspecified atom stereocenters. The second-order valence-corrected chi connectivity index (χ2v) is 8.34. The molecule has 0 aliphatic rings. The Hall–Kier alpha value is -3.25. The van der Waals surface area contributed by atoms with Crippen LogP contribution < -0.4 is 9.64 Å². The molecule has 2 aromatic carbocycles. The van der Waals surface area contributed by atoms with Gasteiger partial charge in [0.05, 0.1) is 23.9 Å². The molecule has 2 aromatic heterocycles. The highest BCUT2D eigenvalue weighted by molar-refractivity contribution is 7.22. The molecule has 5 nitrogen and oxygen atoms in total. The summed E-state index contributed by atoms with van der Waals surface area (Å²) < 4.78 is 6.30. The molecule has 0 spiro atoms.